The van der Waals surface area contributed by atoms with Crippen molar-refractivity contribution >= 4 is 75.6 Å². The quantitative estimate of drug-likeness (QED) is 0.0581. The molecule has 3 aromatic carbocycles. The van der Waals surface area contributed by atoms with Crippen molar-refractivity contribution in [3.8, 4) is 11.9 Å². The van der Waals surface area contributed by atoms with Crippen molar-refractivity contribution in [3.05, 3.63) is 45.3 Å². The third-order valence-corrected chi connectivity index (χ3v) is 8.69. The Morgan fingerprint density at radius 1 is 0.524 bits per heavy atom. The van der Waals surface area contributed by atoms with Crippen LogP contribution in [0.1, 0.15) is 90.9 Å². The first kappa shape index (κ1) is 30.9. The summed E-state index contributed by atoms with van der Waals surface area (Å²) in [5.74, 6) is 0.443. The second-order valence-electron chi connectivity index (χ2n) is 11.0. The maximum atomic E-state index is 6.28. The summed E-state index contributed by atoms with van der Waals surface area (Å²) in [6, 6.07) is 12.9. The number of hydrogen-bond acceptors (Lipinski definition) is 6. The van der Waals surface area contributed by atoms with Crippen LogP contribution in [0.25, 0.3) is 43.7 Å². The monoisotopic (exact) mass is 694 g/mol. The Kier molecular flexibility index (Phi) is 11.2. The highest BCUT2D eigenvalue weighted by molar-refractivity contribution is 9.10. The molecule has 0 bridgehead atoms. The number of aromatic nitrogens is 4. The number of rotatable bonds is 16. The van der Waals surface area contributed by atoms with E-state index >= 15 is 0 Å². The molecule has 0 radical (unpaired) electrons. The van der Waals surface area contributed by atoms with Gasteiger partial charge in [0.2, 0.25) is 5.88 Å². The van der Waals surface area contributed by atoms with Crippen LogP contribution in [0.3, 0.4) is 0 Å². The Balaban J connectivity index is 1.52. The molecule has 6 nitrogen and oxygen atoms in total. The van der Waals surface area contributed by atoms with Gasteiger partial charge in [0.15, 0.2) is 11.2 Å². The number of ether oxygens (including phenoxy) is 2. The lowest BCUT2D eigenvalue weighted by atomic mass is 9.99. The van der Waals surface area contributed by atoms with Gasteiger partial charge in [0, 0.05) is 19.7 Å². The minimum atomic E-state index is 0.302. The van der Waals surface area contributed by atoms with E-state index in [0.717, 1.165) is 67.2 Å². The molecule has 0 saturated heterocycles. The summed E-state index contributed by atoms with van der Waals surface area (Å²) in [7, 11) is 0. The summed E-state index contributed by atoms with van der Waals surface area (Å²) in [4.78, 5) is 19.7. The summed E-state index contributed by atoms with van der Waals surface area (Å²) in [5.41, 5.74) is 2.66. The number of nitrogens with zero attached hydrogens (tertiary/aromatic N) is 4. The fraction of sp³-hybridized carbons (Fsp3) is 0.471. The first-order valence-electron chi connectivity index (χ1n) is 15.5. The van der Waals surface area contributed by atoms with Gasteiger partial charge < -0.3 is 9.47 Å². The summed E-state index contributed by atoms with van der Waals surface area (Å²) < 4.78 is 14.3. The van der Waals surface area contributed by atoms with Crippen LogP contribution >= 0.6 is 31.9 Å². The summed E-state index contributed by atoms with van der Waals surface area (Å²) in [6.45, 7) is 5.63. The minimum absolute atomic E-state index is 0.302. The zero-order valence-electron chi connectivity index (χ0n) is 24.7. The van der Waals surface area contributed by atoms with Crippen LogP contribution in [-0.2, 0) is 0 Å². The second kappa shape index (κ2) is 15.2. The summed E-state index contributed by atoms with van der Waals surface area (Å²) >= 11 is 7.31. The molecule has 0 atom stereocenters. The maximum absolute atomic E-state index is 6.28. The normalized spacial score (nSPS) is 11.7. The van der Waals surface area contributed by atoms with Crippen molar-refractivity contribution in [2.75, 3.05) is 13.2 Å². The van der Waals surface area contributed by atoms with Crippen molar-refractivity contribution in [3.63, 3.8) is 0 Å². The molecule has 0 N–H and O–H groups in total. The van der Waals surface area contributed by atoms with Crippen molar-refractivity contribution < 1.29 is 9.47 Å². The van der Waals surface area contributed by atoms with Gasteiger partial charge in [-0.15, -0.1) is 0 Å². The summed E-state index contributed by atoms with van der Waals surface area (Å²) in [6.07, 6.45) is 14.3. The van der Waals surface area contributed by atoms with Crippen LogP contribution in [0.5, 0.6) is 11.9 Å². The van der Waals surface area contributed by atoms with Crippen molar-refractivity contribution in [2.24, 2.45) is 0 Å². The zero-order chi connectivity index (χ0) is 29.3. The summed E-state index contributed by atoms with van der Waals surface area (Å²) in [5, 5.41) is 4.28. The smallest absolute Gasteiger partial charge is 0.321 e. The molecule has 0 saturated carbocycles. The fourth-order valence-electron chi connectivity index (χ4n) is 5.44. The van der Waals surface area contributed by atoms with E-state index < -0.39 is 0 Å². The molecule has 2 aromatic heterocycles. The van der Waals surface area contributed by atoms with Crippen LogP contribution in [-0.4, -0.2) is 33.1 Å². The van der Waals surface area contributed by atoms with Gasteiger partial charge in [-0.3, -0.25) is 0 Å². The first-order chi connectivity index (χ1) is 20.6. The molecule has 5 rings (SSSR count). The molecule has 0 aliphatic heterocycles. The predicted octanol–water partition coefficient (Wildman–Crippen LogP) is 10.9. The van der Waals surface area contributed by atoms with Crippen molar-refractivity contribution in [1.29, 1.82) is 0 Å². The SMILES string of the molecule is CCCCCCCCOc1nc(OCCCCCCCC)c2nc3c4cc(Br)ccc4c4ccc(Br)cc4c3nc2n1. The lowest BCUT2D eigenvalue weighted by Crippen LogP contribution is -2.07. The van der Waals surface area contributed by atoms with Crippen LogP contribution in [0, 0.1) is 0 Å². The molecule has 0 amide bonds. The molecular weight excluding hydrogens is 656 g/mol. The Morgan fingerprint density at radius 3 is 1.64 bits per heavy atom. The molecule has 0 aliphatic carbocycles. The molecule has 222 valence electrons. The van der Waals surface area contributed by atoms with Crippen molar-refractivity contribution in [1.82, 2.24) is 19.9 Å². The van der Waals surface area contributed by atoms with Gasteiger partial charge in [-0.25, -0.2) is 9.97 Å². The predicted molar refractivity (Wildman–Crippen MR) is 181 cm³/mol. The number of benzene rings is 3. The second-order valence-corrected chi connectivity index (χ2v) is 12.8. The number of fused-ring (bicyclic) bond motifs is 7. The minimum Gasteiger partial charge on any atom is -0.476 e. The third kappa shape index (κ3) is 7.49. The standard InChI is InChI=1S/C34H40Br2N4O2/c1-3-5-7-9-11-13-19-41-33-31-32(39-34(40-33)42-20-14-12-10-8-6-4-2)38-30-28-22-24(36)16-18-26(28)25-17-15-23(35)21-27(25)29(30)37-31/h15-18,21-22H,3-14,19-20H2,1-2H3. The Bertz CT molecular complexity index is 1660. The van der Waals surface area contributed by atoms with E-state index in [2.05, 4.69) is 82.1 Å². The lowest BCUT2D eigenvalue weighted by Gasteiger charge is -2.13. The van der Waals surface area contributed by atoms with Gasteiger partial charge >= 0.3 is 6.01 Å². The zero-order valence-corrected chi connectivity index (χ0v) is 27.9. The van der Waals surface area contributed by atoms with E-state index in [4.69, 9.17) is 29.4 Å². The molecule has 0 fully saturated rings. The highest BCUT2D eigenvalue weighted by Crippen LogP contribution is 2.37. The molecule has 42 heavy (non-hydrogen) atoms. The van der Waals surface area contributed by atoms with Gasteiger partial charge in [0.1, 0.15) is 0 Å². The van der Waals surface area contributed by atoms with Gasteiger partial charge in [0.05, 0.1) is 24.2 Å². The van der Waals surface area contributed by atoms with Crippen LogP contribution in [0.2, 0.25) is 0 Å². The Labute approximate surface area is 265 Å². The molecule has 2 heterocycles. The van der Waals surface area contributed by atoms with Gasteiger partial charge in [-0.05, 0) is 47.9 Å². The molecule has 0 aliphatic rings. The Morgan fingerprint density at radius 2 is 1.05 bits per heavy atom. The molecule has 0 spiro atoms. The molecular formula is C34H40Br2N4O2. The van der Waals surface area contributed by atoms with Crippen LogP contribution in [0.4, 0.5) is 0 Å². The molecule has 5 aromatic rings. The van der Waals surface area contributed by atoms with Gasteiger partial charge in [-0.2, -0.15) is 9.97 Å². The van der Waals surface area contributed by atoms with E-state index in [1.165, 1.54) is 51.4 Å². The topological polar surface area (TPSA) is 70.0 Å². The molecule has 0 unspecified atom stereocenters. The highest BCUT2D eigenvalue weighted by Gasteiger charge is 2.18. The average molecular weight is 697 g/mol. The highest BCUT2D eigenvalue weighted by atomic mass is 79.9. The van der Waals surface area contributed by atoms with Crippen molar-refractivity contribution in [2.45, 2.75) is 90.9 Å². The maximum Gasteiger partial charge on any atom is 0.321 e. The number of unbranched alkanes of at least 4 members (excludes halogenated alkanes) is 10. The average Bonchev–Trinajstić information content (AvgIpc) is 2.99. The van der Waals surface area contributed by atoms with Gasteiger partial charge in [0.25, 0.3) is 0 Å². The Hall–Kier alpha value is -2.58. The van der Waals surface area contributed by atoms with Crippen LogP contribution < -0.4 is 9.47 Å². The first-order valence-corrected chi connectivity index (χ1v) is 17.1. The molecule has 8 heteroatoms. The lowest BCUT2D eigenvalue weighted by molar-refractivity contribution is 0.263. The largest absolute Gasteiger partial charge is 0.476 e. The van der Waals surface area contributed by atoms with E-state index in [1.54, 1.807) is 0 Å². The number of halogens is 2. The van der Waals surface area contributed by atoms with E-state index in [1.807, 2.05) is 0 Å². The third-order valence-electron chi connectivity index (χ3n) is 7.71. The fourth-order valence-corrected chi connectivity index (χ4v) is 6.16. The van der Waals surface area contributed by atoms with Crippen LogP contribution in [0.15, 0.2) is 45.3 Å². The number of hydrogen-bond donors (Lipinski definition) is 0. The van der Waals surface area contributed by atoms with E-state index in [-0.39, 0.29) is 0 Å². The van der Waals surface area contributed by atoms with E-state index in [0.29, 0.717) is 36.3 Å². The van der Waals surface area contributed by atoms with E-state index in [9.17, 15) is 0 Å². The van der Waals surface area contributed by atoms with Gasteiger partial charge in [-0.1, -0.05) is 122 Å².